The fourth-order valence-electron chi connectivity index (χ4n) is 2.20. The average molecular weight is 297 g/mol. The maximum Gasteiger partial charge on any atom is 0.224 e. The van der Waals surface area contributed by atoms with Gasteiger partial charge in [0.05, 0.1) is 13.0 Å². The first-order valence-corrected chi connectivity index (χ1v) is 7.80. The molecule has 1 N–H and O–H groups in total. The lowest BCUT2D eigenvalue weighted by molar-refractivity contribution is -0.120. The molecule has 0 atom stereocenters. The highest BCUT2D eigenvalue weighted by molar-refractivity contribution is 5.78. The van der Waals surface area contributed by atoms with Crippen LogP contribution in [0.1, 0.15) is 24.5 Å². The van der Waals surface area contributed by atoms with Crippen LogP contribution in [-0.2, 0) is 17.6 Å². The molecule has 0 aliphatic rings. The van der Waals surface area contributed by atoms with E-state index in [4.69, 9.17) is 4.74 Å². The standard InChI is InChI=1S/C19H23NO2/c1-2-13-22-18-10-6-9-17(14-18)11-12-20-19(21)15-16-7-4-3-5-8-16/h3-10,14H,2,11-13,15H2,1H3,(H,20,21). The van der Waals surface area contributed by atoms with Crippen molar-refractivity contribution >= 4 is 5.91 Å². The van der Waals surface area contributed by atoms with Gasteiger partial charge in [0.1, 0.15) is 5.75 Å². The van der Waals surface area contributed by atoms with Crippen LogP contribution in [0.2, 0.25) is 0 Å². The van der Waals surface area contributed by atoms with Gasteiger partial charge < -0.3 is 10.1 Å². The van der Waals surface area contributed by atoms with E-state index in [9.17, 15) is 4.79 Å². The van der Waals surface area contributed by atoms with Crippen molar-refractivity contribution in [2.45, 2.75) is 26.2 Å². The van der Waals surface area contributed by atoms with Crippen molar-refractivity contribution in [3.63, 3.8) is 0 Å². The Kier molecular flexibility index (Phi) is 6.49. The van der Waals surface area contributed by atoms with E-state index < -0.39 is 0 Å². The molecular weight excluding hydrogens is 274 g/mol. The summed E-state index contributed by atoms with van der Waals surface area (Å²) in [4.78, 5) is 11.9. The number of hydrogen-bond acceptors (Lipinski definition) is 2. The van der Waals surface area contributed by atoms with Crippen molar-refractivity contribution in [1.82, 2.24) is 5.32 Å². The molecule has 2 aromatic rings. The van der Waals surface area contributed by atoms with E-state index in [-0.39, 0.29) is 5.91 Å². The van der Waals surface area contributed by atoms with Gasteiger partial charge in [-0.3, -0.25) is 4.79 Å². The molecule has 0 radical (unpaired) electrons. The third-order valence-corrected chi connectivity index (χ3v) is 3.31. The van der Waals surface area contributed by atoms with Crippen LogP contribution in [0, 0.1) is 0 Å². The van der Waals surface area contributed by atoms with Crippen LogP contribution >= 0.6 is 0 Å². The van der Waals surface area contributed by atoms with Crippen LogP contribution in [0.5, 0.6) is 5.75 Å². The van der Waals surface area contributed by atoms with Crippen molar-refractivity contribution in [3.8, 4) is 5.75 Å². The summed E-state index contributed by atoms with van der Waals surface area (Å²) in [5.74, 6) is 0.958. The molecule has 0 bridgehead atoms. The number of carbonyl (C=O) groups is 1. The van der Waals surface area contributed by atoms with Gasteiger partial charge in [0.15, 0.2) is 0 Å². The predicted octanol–water partition coefficient (Wildman–Crippen LogP) is 3.38. The lowest BCUT2D eigenvalue weighted by atomic mass is 10.1. The van der Waals surface area contributed by atoms with Gasteiger partial charge in [0.2, 0.25) is 5.91 Å². The van der Waals surface area contributed by atoms with Crippen molar-refractivity contribution in [2.24, 2.45) is 0 Å². The summed E-state index contributed by atoms with van der Waals surface area (Å²) in [6.45, 7) is 3.46. The van der Waals surface area contributed by atoms with Gasteiger partial charge in [-0.1, -0.05) is 49.4 Å². The second-order valence-corrected chi connectivity index (χ2v) is 5.26. The molecule has 2 rings (SSSR count). The number of ether oxygens (including phenoxy) is 1. The highest BCUT2D eigenvalue weighted by atomic mass is 16.5. The van der Waals surface area contributed by atoms with E-state index in [0.717, 1.165) is 30.8 Å². The third kappa shape index (κ3) is 5.60. The van der Waals surface area contributed by atoms with Gasteiger partial charge >= 0.3 is 0 Å². The molecule has 0 aliphatic heterocycles. The Labute approximate surface area is 132 Å². The van der Waals surface area contributed by atoms with Crippen molar-refractivity contribution < 1.29 is 9.53 Å². The van der Waals surface area contributed by atoms with E-state index in [2.05, 4.69) is 18.3 Å². The fourth-order valence-corrected chi connectivity index (χ4v) is 2.20. The summed E-state index contributed by atoms with van der Waals surface area (Å²) < 4.78 is 5.61. The molecular formula is C19H23NO2. The van der Waals surface area contributed by atoms with Crippen molar-refractivity contribution in [3.05, 3.63) is 65.7 Å². The number of hydrogen-bond donors (Lipinski definition) is 1. The average Bonchev–Trinajstić information content (AvgIpc) is 2.54. The minimum absolute atomic E-state index is 0.0598. The summed E-state index contributed by atoms with van der Waals surface area (Å²) in [5, 5.41) is 2.96. The monoisotopic (exact) mass is 297 g/mol. The van der Waals surface area contributed by atoms with Crippen LogP contribution in [0.15, 0.2) is 54.6 Å². The van der Waals surface area contributed by atoms with Crippen LogP contribution in [0.4, 0.5) is 0 Å². The normalized spacial score (nSPS) is 10.2. The molecule has 0 aliphatic carbocycles. The molecule has 0 saturated carbocycles. The fraction of sp³-hybridized carbons (Fsp3) is 0.316. The van der Waals surface area contributed by atoms with E-state index in [1.807, 2.05) is 48.5 Å². The lowest BCUT2D eigenvalue weighted by Crippen LogP contribution is -2.27. The molecule has 1 amide bonds. The molecule has 116 valence electrons. The summed E-state index contributed by atoms with van der Waals surface area (Å²) in [5.41, 5.74) is 2.21. The number of carbonyl (C=O) groups excluding carboxylic acids is 1. The van der Waals surface area contributed by atoms with Crippen LogP contribution < -0.4 is 10.1 Å². The van der Waals surface area contributed by atoms with Gasteiger partial charge in [-0.15, -0.1) is 0 Å². The van der Waals surface area contributed by atoms with Crippen LogP contribution in [0.3, 0.4) is 0 Å². The van der Waals surface area contributed by atoms with Gasteiger partial charge in [0, 0.05) is 6.54 Å². The maximum atomic E-state index is 11.9. The molecule has 3 nitrogen and oxygen atoms in total. The van der Waals surface area contributed by atoms with E-state index in [0.29, 0.717) is 13.0 Å². The first-order chi connectivity index (χ1) is 10.8. The highest BCUT2D eigenvalue weighted by Gasteiger charge is 2.03. The van der Waals surface area contributed by atoms with Crippen molar-refractivity contribution in [1.29, 1.82) is 0 Å². The Balaban J connectivity index is 1.75. The molecule has 22 heavy (non-hydrogen) atoms. The number of nitrogens with one attached hydrogen (secondary N) is 1. The zero-order chi connectivity index (χ0) is 15.6. The highest BCUT2D eigenvalue weighted by Crippen LogP contribution is 2.13. The van der Waals surface area contributed by atoms with Gasteiger partial charge in [-0.25, -0.2) is 0 Å². The molecule has 0 heterocycles. The molecule has 0 fully saturated rings. The SMILES string of the molecule is CCCOc1cccc(CCNC(=O)Cc2ccccc2)c1. The van der Waals surface area contributed by atoms with E-state index in [1.54, 1.807) is 0 Å². The molecule has 2 aromatic carbocycles. The Morgan fingerprint density at radius 2 is 1.82 bits per heavy atom. The molecule has 0 aromatic heterocycles. The topological polar surface area (TPSA) is 38.3 Å². The molecule has 0 unspecified atom stereocenters. The van der Waals surface area contributed by atoms with E-state index >= 15 is 0 Å². The van der Waals surface area contributed by atoms with E-state index in [1.165, 1.54) is 5.56 Å². The van der Waals surface area contributed by atoms with Gasteiger partial charge in [0.25, 0.3) is 0 Å². The minimum atomic E-state index is 0.0598. The minimum Gasteiger partial charge on any atom is -0.494 e. The van der Waals surface area contributed by atoms with Crippen LogP contribution in [0.25, 0.3) is 0 Å². The second-order valence-electron chi connectivity index (χ2n) is 5.26. The molecule has 3 heteroatoms. The van der Waals surface area contributed by atoms with Gasteiger partial charge in [-0.2, -0.15) is 0 Å². The summed E-state index contributed by atoms with van der Waals surface area (Å²) >= 11 is 0. The summed E-state index contributed by atoms with van der Waals surface area (Å²) in [7, 11) is 0. The second kappa shape index (κ2) is 8.88. The maximum absolute atomic E-state index is 11.9. The first-order valence-electron chi connectivity index (χ1n) is 7.80. The number of benzene rings is 2. The third-order valence-electron chi connectivity index (χ3n) is 3.31. The Bertz CT molecular complexity index is 581. The number of rotatable bonds is 8. The molecule has 0 saturated heterocycles. The zero-order valence-corrected chi connectivity index (χ0v) is 13.0. The Morgan fingerprint density at radius 1 is 1.05 bits per heavy atom. The molecule has 0 spiro atoms. The predicted molar refractivity (Wildman–Crippen MR) is 89.1 cm³/mol. The first kappa shape index (κ1) is 16.1. The quantitative estimate of drug-likeness (QED) is 0.811. The van der Waals surface area contributed by atoms with Crippen molar-refractivity contribution in [2.75, 3.05) is 13.2 Å². The summed E-state index contributed by atoms with van der Waals surface area (Å²) in [6.07, 6.45) is 2.24. The lowest BCUT2D eigenvalue weighted by Gasteiger charge is -2.08. The smallest absolute Gasteiger partial charge is 0.224 e. The Hall–Kier alpha value is -2.29. The van der Waals surface area contributed by atoms with Crippen LogP contribution in [-0.4, -0.2) is 19.1 Å². The largest absolute Gasteiger partial charge is 0.494 e. The number of amides is 1. The van der Waals surface area contributed by atoms with Gasteiger partial charge in [-0.05, 0) is 36.1 Å². The Morgan fingerprint density at radius 3 is 2.59 bits per heavy atom. The summed E-state index contributed by atoms with van der Waals surface area (Å²) in [6, 6.07) is 17.8. The zero-order valence-electron chi connectivity index (χ0n) is 13.0.